The van der Waals surface area contributed by atoms with Gasteiger partial charge in [-0.15, -0.1) is 5.10 Å². The lowest BCUT2D eigenvalue weighted by molar-refractivity contribution is 0.116. The van der Waals surface area contributed by atoms with Gasteiger partial charge in [0.05, 0.1) is 12.2 Å². The van der Waals surface area contributed by atoms with Crippen LogP contribution in [-0.4, -0.2) is 43.2 Å². The second kappa shape index (κ2) is 5.20. The van der Waals surface area contributed by atoms with Crippen LogP contribution in [0.5, 0.6) is 0 Å². The summed E-state index contributed by atoms with van der Waals surface area (Å²) in [6, 6.07) is 11.6. The molecule has 4 rings (SSSR count). The Kier molecular flexibility index (Phi) is 3.20. The number of hydrogen-bond acceptors (Lipinski definition) is 5. The third-order valence-corrected chi connectivity index (χ3v) is 4.78. The van der Waals surface area contributed by atoms with E-state index in [4.69, 9.17) is 5.73 Å². The Morgan fingerprint density at radius 1 is 1.10 bits per heavy atom. The van der Waals surface area contributed by atoms with Crippen molar-refractivity contribution in [3.05, 3.63) is 36.2 Å². The van der Waals surface area contributed by atoms with Gasteiger partial charge in [0.1, 0.15) is 0 Å². The minimum Gasteiger partial charge on any atom is -0.328 e. The first kappa shape index (κ1) is 12.9. The molecule has 2 unspecified atom stereocenters. The van der Waals surface area contributed by atoms with E-state index in [1.54, 1.807) is 0 Å². The summed E-state index contributed by atoms with van der Waals surface area (Å²) in [5.41, 5.74) is 7.15. The van der Waals surface area contributed by atoms with E-state index >= 15 is 0 Å². The molecular formula is C15H20N6. The molecule has 0 saturated carbocycles. The lowest BCUT2D eigenvalue weighted by Gasteiger charge is -2.37. The maximum absolute atomic E-state index is 6.14. The molecule has 0 aliphatic carbocycles. The molecule has 1 aromatic carbocycles. The summed E-state index contributed by atoms with van der Waals surface area (Å²) >= 11 is 0. The van der Waals surface area contributed by atoms with E-state index in [1.165, 1.54) is 12.8 Å². The quantitative estimate of drug-likeness (QED) is 0.914. The Hall–Kier alpha value is -1.79. The third kappa shape index (κ3) is 2.34. The predicted molar refractivity (Wildman–Crippen MR) is 78.7 cm³/mol. The van der Waals surface area contributed by atoms with Gasteiger partial charge in [0.2, 0.25) is 0 Å². The molecule has 2 fully saturated rings. The lowest BCUT2D eigenvalue weighted by Crippen LogP contribution is -2.47. The molecule has 2 saturated heterocycles. The summed E-state index contributed by atoms with van der Waals surface area (Å²) < 4.78 is 1.84. The summed E-state index contributed by atoms with van der Waals surface area (Å²) in [5, 5.41) is 12.2. The molecule has 6 heteroatoms. The average molecular weight is 284 g/mol. The van der Waals surface area contributed by atoms with Gasteiger partial charge in [0.25, 0.3) is 0 Å². The molecular weight excluding hydrogens is 264 g/mol. The van der Waals surface area contributed by atoms with Gasteiger partial charge in [0.15, 0.2) is 5.82 Å². The van der Waals surface area contributed by atoms with E-state index in [2.05, 4.69) is 20.4 Å². The number of fused-ring (bicyclic) bond motifs is 2. The molecule has 2 atom stereocenters. The Morgan fingerprint density at radius 2 is 1.81 bits per heavy atom. The number of rotatable bonds is 3. The van der Waals surface area contributed by atoms with Gasteiger partial charge in [-0.1, -0.05) is 18.2 Å². The van der Waals surface area contributed by atoms with Crippen molar-refractivity contribution in [3.8, 4) is 5.69 Å². The first-order valence-electron chi connectivity index (χ1n) is 7.65. The van der Waals surface area contributed by atoms with Crippen LogP contribution in [0, 0.1) is 0 Å². The van der Waals surface area contributed by atoms with Crippen LogP contribution < -0.4 is 5.73 Å². The number of nitrogens with two attached hydrogens (primary N) is 1. The van der Waals surface area contributed by atoms with Gasteiger partial charge in [-0.25, -0.2) is 0 Å². The highest BCUT2D eigenvalue weighted by Crippen LogP contribution is 2.35. The maximum Gasteiger partial charge on any atom is 0.170 e. The second-order valence-corrected chi connectivity index (χ2v) is 6.13. The van der Waals surface area contributed by atoms with E-state index in [1.807, 2.05) is 35.0 Å². The summed E-state index contributed by atoms with van der Waals surface area (Å²) in [5.74, 6) is 0.911. The molecule has 0 amide bonds. The third-order valence-electron chi connectivity index (χ3n) is 4.78. The summed E-state index contributed by atoms with van der Waals surface area (Å²) in [6.45, 7) is 0.809. The van der Waals surface area contributed by atoms with E-state index in [9.17, 15) is 0 Å². The van der Waals surface area contributed by atoms with Gasteiger partial charge < -0.3 is 5.73 Å². The fourth-order valence-electron chi connectivity index (χ4n) is 3.81. The molecule has 2 N–H and O–H groups in total. The average Bonchev–Trinajstić information content (AvgIpc) is 3.05. The number of nitrogens with zero attached hydrogens (tertiary/aromatic N) is 5. The van der Waals surface area contributed by atoms with Crippen LogP contribution in [0.4, 0.5) is 0 Å². The monoisotopic (exact) mass is 284 g/mol. The zero-order valence-corrected chi connectivity index (χ0v) is 12.0. The largest absolute Gasteiger partial charge is 0.328 e. The molecule has 110 valence electrons. The van der Waals surface area contributed by atoms with Crippen LogP contribution in [0.2, 0.25) is 0 Å². The van der Waals surface area contributed by atoms with Gasteiger partial charge >= 0.3 is 0 Å². The fraction of sp³-hybridized carbons (Fsp3) is 0.533. The van der Waals surface area contributed by atoms with E-state index < -0.39 is 0 Å². The normalized spacial score (nSPS) is 28.9. The smallest absolute Gasteiger partial charge is 0.170 e. The molecule has 21 heavy (non-hydrogen) atoms. The van der Waals surface area contributed by atoms with E-state index in [0.29, 0.717) is 18.1 Å². The van der Waals surface area contributed by atoms with E-state index in [0.717, 1.165) is 30.9 Å². The van der Waals surface area contributed by atoms with Crippen LogP contribution in [0.3, 0.4) is 0 Å². The minimum absolute atomic E-state index is 0.365. The predicted octanol–water partition coefficient (Wildman–Crippen LogP) is 1.12. The van der Waals surface area contributed by atoms with Crippen molar-refractivity contribution in [1.82, 2.24) is 25.1 Å². The highest BCUT2D eigenvalue weighted by atomic mass is 15.5. The van der Waals surface area contributed by atoms with Crippen molar-refractivity contribution in [2.24, 2.45) is 5.73 Å². The summed E-state index contributed by atoms with van der Waals surface area (Å²) in [6.07, 6.45) is 4.71. The zero-order valence-electron chi connectivity index (χ0n) is 12.0. The fourth-order valence-corrected chi connectivity index (χ4v) is 3.81. The molecule has 2 aliphatic heterocycles. The van der Waals surface area contributed by atoms with Crippen molar-refractivity contribution >= 4 is 0 Å². The first-order valence-corrected chi connectivity index (χ1v) is 7.65. The van der Waals surface area contributed by atoms with Crippen LogP contribution >= 0.6 is 0 Å². The second-order valence-electron chi connectivity index (χ2n) is 6.13. The van der Waals surface area contributed by atoms with Crippen molar-refractivity contribution < 1.29 is 0 Å². The molecule has 2 bridgehead atoms. The SMILES string of the molecule is NC1CC2CCC(C1)N2Cc1nnnn1-c1ccccc1. The number of para-hydroxylation sites is 1. The van der Waals surface area contributed by atoms with Crippen LogP contribution in [0.15, 0.2) is 30.3 Å². The number of aromatic nitrogens is 4. The van der Waals surface area contributed by atoms with Gasteiger partial charge in [-0.05, 0) is 48.2 Å². The molecule has 2 aliphatic rings. The summed E-state index contributed by atoms with van der Waals surface area (Å²) in [7, 11) is 0. The van der Waals surface area contributed by atoms with Crippen molar-refractivity contribution in [2.45, 2.75) is 50.4 Å². The van der Waals surface area contributed by atoms with E-state index in [-0.39, 0.29) is 0 Å². The highest BCUT2D eigenvalue weighted by Gasteiger charge is 2.40. The Labute approximate surface area is 123 Å². The molecule has 1 aromatic heterocycles. The van der Waals surface area contributed by atoms with Crippen molar-refractivity contribution in [3.63, 3.8) is 0 Å². The topological polar surface area (TPSA) is 72.9 Å². The van der Waals surface area contributed by atoms with Gasteiger partial charge in [0, 0.05) is 18.1 Å². The first-order chi connectivity index (χ1) is 10.3. The molecule has 6 nitrogen and oxygen atoms in total. The van der Waals surface area contributed by atoms with Crippen molar-refractivity contribution in [2.75, 3.05) is 0 Å². The number of tetrazole rings is 1. The number of benzene rings is 1. The zero-order chi connectivity index (χ0) is 14.2. The maximum atomic E-state index is 6.14. The number of piperidine rings is 1. The lowest BCUT2D eigenvalue weighted by atomic mass is 9.98. The molecule has 0 radical (unpaired) electrons. The Morgan fingerprint density at radius 3 is 2.52 bits per heavy atom. The van der Waals surface area contributed by atoms with Crippen LogP contribution in [0.25, 0.3) is 5.69 Å². The Bertz CT molecular complexity index is 596. The van der Waals surface area contributed by atoms with Gasteiger partial charge in [-0.2, -0.15) is 4.68 Å². The highest BCUT2D eigenvalue weighted by molar-refractivity contribution is 5.30. The Balaban J connectivity index is 1.58. The molecule has 0 spiro atoms. The standard InChI is InChI=1S/C15H20N6/c16-11-8-13-6-7-14(9-11)20(13)10-15-17-18-19-21(15)12-4-2-1-3-5-12/h1-5,11,13-14H,6-10,16H2. The van der Waals surface area contributed by atoms with Crippen LogP contribution in [-0.2, 0) is 6.54 Å². The molecule has 3 heterocycles. The van der Waals surface area contributed by atoms with Crippen molar-refractivity contribution in [1.29, 1.82) is 0 Å². The number of hydrogen-bond donors (Lipinski definition) is 1. The summed E-state index contributed by atoms with van der Waals surface area (Å²) in [4.78, 5) is 2.55. The minimum atomic E-state index is 0.365. The van der Waals surface area contributed by atoms with Crippen LogP contribution in [0.1, 0.15) is 31.5 Å². The van der Waals surface area contributed by atoms with Gasteiger partial charge in [-0.3, -0.25) is 4.90 Å². The molecule has 2 aromatic rings.